The third-order valence-corrected chi connectivity index (χ3v) is 3.22. The van der Waals surface area contributed by atoms with Crippen molar-refractivity contribution < 1.29 is 13.2 Å². The molecular formula is C7H12NO3S. The number of nitrogens with zero attached hydrogens (tertiary/aromatic N) is 1. The van der Waals surface area contributed by atoms with E-state index in [1.54, 1.807) is 0 Å². The molecule has 0 bridgehead atoms. The Morgan fingerprint density at radius 1 is 1.33 bits per heavy atom. The minimum absolute atomic E-state index is 0.437. The van der Waals surface area contributed by atoms with Gasteiger partial charge in [-0.05, 0) is 0 Å². The summed E-state index contributed by atoms with van der Waals surface area (Å²) in [6.45, 7) is 5.18. The smallest absolute Gasteiger partial charge is 0.222 e. The van der Waals surface area contributed by atoms with Crippen molar-refractivity contribution in [2.24, 2.45) is 0 Å². The van der Waals surface area contributed by atoms with Crippen molar-refractivity contribution in [3.63, 3.8) is 0 Å². The molecule has 5 heteroatoms. The van der Waals surface area contributed by atoms with Crippen LogP contribution in [0.4, 0.5) is 0 Å². The van der Waals surface area contributed by atoms with Gasteiger partial charge in [-0.2, -0.15) is 4.31 Å². The molecule has 0 N–H and O–H groups in total. The zero-order valence-corrected chi connectivity index (χ0v) is 7.59. The SMILES string of the molecule is C=C[CH]S(=O)(=O)N1CCOCC1. The molecule has 69 valence electrons. The Hall–Kier alpha value is -0.390. The largest absolute Gasteiger partial charge is 0.379 e. The van der Waals surface area contributed by atoms with Gasteiger partial charge in [-0.1, -0.05) is 6.08 Å². The van der Waals surface area contributed by atoms with E-state index in [1.807, 2.05) is 0 Å². The first-order chi connectivity index (χ1) is 5.67. The fourth-order valence-electron chi connectivity index (χ4n) is 1.01. The summed E-state index contributed by atoms with van der Waals surface area (Å²) in [4.78, 5) is 0. The Kier molecular flexibility index (Phi) is 3.25. The van der Waals surface area contributed by atoms with Crippen LogP contribution in [-0.4, -0.2) is 39.0 Å². The van der Waals surface area contributed by atoms with Crippen molar-refractivity contribution in [3.05, 3.63) is 18.4 Å². The maximum atomic E-state index is 11.3. The van der Waals surface area contributed by atoms with Gasteiger partial charge in [-0.25, -0.2) is 8.42 Å². The summed E-state index contributed by atoms with van der Waals surface area (Å²) < 4.78 is 29.1. The highest BCUT2D eigenvalue weighted by Gasteiger charge is 2.22. The molecule has 0 unspecified atom stereocenters. The van der Waals surface area contributed by atoms with E-state index in [0.29, 0.717) is 26.3 Å². The Bertz CT molecular complexity index is 241. The predicted octanol–water partition coefficient (Wildman–Crippen LogP) is -0.00381. The summed E-state index contributed by atoms with van der Waals surface area (Å²) >= 11 is 0. The molecule has 0 aromatic heterocycles. The normalized spacial score (nSPS) is 20.7. The second-order valence-corrected chi connectivity index (χ2v) is 4.25. The fraction of sp³-hybridized carbons (Fsp3) is 0.571. The van der Waals surface area contributed by atoms with Crippen molar-refractivity contribution in [2.45, 2.75) is 0 Å². The molecule has 0 saturated carbocycles. The summed E-state index contributed by atoms with van der Waals surface area (Å²) in [5, 5.41) is 0. The monoisotopic (exact) mass is 190 g/mol. The van der Waals surface area contributed by atoms with Crippen molar-refractivity contribution in [2.75, 3.05) is 26.3 Å². The molecule has 0 atom stereocenters. The molecule has 1 heterocycles. The van der Waals surface area contributed by atoms with Gasteiger partial charge in [0.1, 0.15) is 5.75 Å². The van der Waals surface area contributed by atoms with Gasteiger partial charge in [0.25, 0.3) is 0 Å². The zero-order valence-electron chi connectivity index (χ0n) is 6.77. The van der Waals surface area contributed by atoms with Crippen LogP contribution >= 0.6 is 0 Å². The molecule has 1 saturated heterocycles. The van der Waals surface area contributed by atoms with Gasteiger partial charge in [0, 0.05) is 13.1 Å². The summed E-state index contributed by atoms with van der Waals surface area (Å²) in [6.07, 6.45) is 1.28. The highest BCUT2D eigenvalue weighted by Crippen LogP contribution is 2.08. The van der Waals surface area contributed by atoms with Crippen LogP contribution in [0.2, 0.25) is 0 Å². The summed E-state index contributed by atoms with van der Waals surface area (Å²) in [6, 6.07) is 0. The number of hydrogen-bond acceptors (Lipinski definition) is 3. The van der Waals surface area contributed by atoms with Gasteiger partial charge in [0.2, 0.25) is 10.0 Å². The molecule has 0 aromatic carbocycles. The second kappa shape index (κ2) is 4.02. The van der Waals surface area contributed by atoms with Gasteiger partial charge in [-0.15, -0.1) is 6.58 Å². The number of rotatable bonds is 3. The average molecular weight is 190 g/mol. The first kappa shape index (κ1) is 9.70. The quantitative estimate of drug-likeness (QED) is 0.629. The van der Waals surface area contributed by atoms with Crippen LogP contribution in [0.15, 0.2) is 12.7 Å². The molecule has 1 fully saturated rings. The Labute approximate surface area is 72.9 Å². The number of ether oxygens (including phenoxy) is 1. The third kappa shape index (κ3) is 2.30. The molecule has 0 aliphatic carbocycles. The number of hydrogen-bond donors (Lipinski definition) is 0. The lowest BCUT2D eigenvalue weighted by Gasteiger charge is -2.25. The molecule has 0 aromatic rings. The average Bonchev–Trinajstić information content (AvgIpc) is 2.06. The molecule has 4 nitrogen and oxygen atoms in total. The van der Waals surface area contributed by atoms with Crippen molar-refractivity contribution >= 4 is 10.0 Å². The lowest BCUT2D eigenvalue weighted by atomic mass is 10.5. The van der Waals surface area contributed by atoms with E-state index >= 15 is 0 Å². The van der Waals surface area contributed by atoms with Crippen molar-refractivity contribution in [1.29, 1.82) is 0 Å². The van der Waals surface area contributed by atoms with E-state index in [9.17, 15) is 8.42 Å². The van der Waals surface area contributed by atoms with Gasteiger partial charge >= 0.3 is 0 Å². The van der Waals surface area contributed by atoms with Crippen molar-refractivity contribution in [1.82, 2.24) is 4.31 Å². The fourth-order valence-corrected chi connectivity index (χ4v) is 2.08. The summed E-state index contributed by atoms with van der Waals surface area (Å²) in [5.41, 5.74) is 0. The van der Waals surface area contributed by atoms with Crippen LogP contribution in [0.5, 0.6) is 0 Å². The van der Waals surface area contributed by atoms with E-state index in [0.717, 1.165) is 5.75 Å². The maximum absolute atomic E-state index is 11.3. The van der Waals surface area contributed by atoms with Gasteiger partial charge in [0.15, 0.2) is 0 Å². The lowest BCUT2D eigenvalue weighted by Crippen LogP contribution is -2.40. The van der Waals surface area contributed by atoms with Crippen molar-refractivity contribution in [3.8, 4) is 0 Å². The Morgan fingerprint density at radius 3 is 2.42 bits per heavy atom. The maximum Gasteiger partial charge on any atom is 0.222 e. The minimum atomic E-state index is -3.22. The molecule has 1 rings (SSSR count). The number of sulfonamides is 1. The first-order valence-corrected chi connectivity index (χ1v) is 5.21. The van der Waals surface area contributed by atoms with Crippen LogP contribution in [0, 0.1) is 5.75 Å². The van der Waals surface area contributed by atoms with Gasteiger partial charge < -0.3 is 4.74 Å². The molecular weight excluding hydrogens is 178 g/mol. The third-order valence-electron chi connectivity index (χ3n) is 1.60. The van der Waals surface area contributed by atoms with Crippen LogP contribution in [0.3, 0.4) is 0 Å². The Balaban J connectivity index is 2.60. The van der Waals surface area contributed by atoms with Crippen LogP contribution in [-0.2, 0) is 14.8 Å². The summed E-state index contributed by atoms with van der Waals surface area (Å²) in [5.74, 6) is 1.11. The van der Waals surface area contributed by atoms with Crippen LogP contribution < -0.4 is 0 Å². The van der Waals surface area contributed by atoms with Gasteiger partial charge in [0.05, 0.1) is 13.2 Å². The Morgan fingerprint density at radius 2 is 1.92 bits per heavy atom. The van der Waals surface area contributed by atoms with E-state index in [4.69, 9.17) is 4.74 Å². The topological polar surface area (TPSA) is 46.6 Å². The van der Waals surface area contributed by atoms with Gasteiger partial charge in [-0.3, -0.25) is 0 Å². The molecule has 1 aliphatic heterocycles. The molecule has 1 radical (unpaired) electrons. The summed E-state index contributed by atoms with van der Waals surface area (Å²) in [7, 11) is -3.22. The standard InChI is InChI=1S/C7H12NO3S/c1-2-7-12(9,10)8-3-5-11-6-4-8/h2,7H,1,3-6H2. The highest BCUT2D eigenvalue weighted by molar-refractivity contribution is 7.91. The van der Waals surface area contributed by atoms with E-state index in [2.05, 4.69) is 6.58 Å². The van der Waals surface area contributed by atoms with E-state index < -0.39 is 10.0 Å². The zero-order chi connectivity index (χ0) is 9.03. The molecule has 0 spiro atoms. The number of morpholine rings is 1. The molecule has 12 heavy (non-hydrogen) atoms. The predicted molar refractivity (Wildman–Crippen MR) is 45.8 cm³/mol. The van der Waals surface area contributed by atoms with Crippen LogP contribution in [0.25, 0.3) is 0 Å². The van der Waals surface area contributed by atoms with E-state index in [1.165, 1.54) is 10.4 Å². The van der Waals surface area contributed by atoms with Crippen LogP contribution in [0.1, 0.15) is 0 Å². The first-order valence-electron chi connectivity index (χ1n) is 3.70. The van der Waals surface area contributed by atoms with E-state index in [-0.39, 0.29) is 0 Å². The molecule has 1 aliphatic rings. The second-order valence-electron chi connectivity index (χ2n) is 2.43. The molecule has 0 amide bonds. The minimum Gasteiger partial charge on any atom is -0.379 e. The highest BCUT2D eigenvalue weighted by atomic mass is 32.2. The lowest BCUT2D eigenvalue weighted by molar-refractivity contribution is 0.0734.